The average Bonchev–Trinajstić information content (AvgIpc) is 2.17. The van der Waals surface area contributed by atoms with Crippen LogP contribution in [0.5, 0.6) is 0 Å². The number of ether oxygens (including phenoxy) is 1. The number of unbranched alkanes of at least 4 members (excludes halogenated alkanes) is 5. The van der Waals surface area contributed by atoms with E-state index < -0.39 is 0 Å². The molecule has 0 aliphatic carbocycles. The second-order valence-corrected chi connectivity index (χ2v) is 3.23. The van der Waals surface area contributed by atoms with Gasteiger partial charge in [-0.1, -0.05) is 32.3 Å². The third-order valence-electron chi connectivity index (χ3n) is 1.99. The Labute approximate surface area is 85.8 Å². The van der Waals surface area contributed by atoms with E-state index in [2.05, 4.69) is 11.3 Å². The third-order valence-corrected chi connectivity index (χ3v) is 1.99. The van der Waals surface area contributed by atoms with Crippen molar-refractivity contribution in [2.75, 3.05) is 6.61 Å². The molecule has 0 amide bonds. The molecule has 3 heteroatoms. The fraction of sp³-hybridized carbons (Fsp3) is 0.727. The standard InChI is InChI=1S/C11H19O3/c1-2-14-11(13)9-7-5-3-4-6-8-10-12/h2H,1,3-10H2. The predicted octanol–water partition coefficient (Wildman–Crippen LogP) is 2.83. The van der Waals surface area contributed by atoms with Crippen molar-refractivity contribution in [3.8, 4) is 0 Å². The summed E-state index contributed by atoms with van der Waals surface area (Å²) in [7, 11) is 0. The van der Waals surface area contributed by atoms with Crippen LogP contribution in [0.3, 0.4) is 0 Å². The first kappa shape index (κ1) is 13.2. The maximum absolute atomic E-state index is 10.8. The molecule has 0 aromatic carbocycles. The van der Waals surface area contributed by atoms with Gasteiger partial charge in [0.2, 0.25) is 0 Å². The van der Waals surface area contributed by atoms with Crippen molar-refractivity contribution in [1.29, 1.82) is 0 Å². The Hall–Kier alpha value is -0.830. The van der Waals surface area contributed by atoms with Gasteiger partial charge >= 0.3 is 5.97 Å². The zero-order chi connectivity index (χ0) is 10.6. The number of hydrogen-bond acceptors (Lipinski definition) is 2. The van der Waals surface area contributed by atoms with Crippen LogP contribution in [-0.2, 0) is 14.6 Å². The number of hydrogen-bond donors (Lipinski definition) is 0. The van der Waals surface area contributed by atoms with Crippen LogP contribution < -0.4 is 0 Å². The van der Waals surface area contributed by atoms with Crippen molar-refractivity contribution >= 4 is 5.97 Å². The normalized spacial score (nSPS) is 9.79. The summed E-state index contributed by atoms with van der Waals surface area (Å²) < 4.78 is 4.57. The van der Waals surface area contributed by atoms with E-state index in [1.54, 1.807) is 0 Å². The van der Waals surface area contributed by atoms with Gasteiger partial charge in [0.25, 0.3) is 0 Å². The maximum Gasteiger partial charge on any atom is 0.310 e. The van der Waals surface area contributed by atoms with Gasteiger partial charge in [-0.15, -0.1) is 0 Å². The molecule has 0 N–H and O–H groups in total. The molecule has 0 bridgehead atoms. The number of rotatable bonds is 9. The van der Waals surface area contributed by atoms with Crippen LogP contribution in [0.2, 0.25) is 0 Å². The van der Waals surface area contributed by atoms with Gasteiger partial charge in [0.1, 0.15) is 0 Å². The fourth-order valence-corrected chi connectivity index (χ4v) is 1.23. The monoisotopic (exact) mass is 199 g/mol. The van der Waals surface area contributed by atoms with Gasteiger partial charge in [0, 0.05) is 6.42 Å². The molecule has 1 radical (unpaired) electrons. The summed E-state index contributed by atoms with van der Waals surface area (Å²) in [5.41, 5.74) is 0. The second-order valence-electron chi connectivity index (χ2n) is 3.23. The first-order chi connectivity index (χ1) is 6.81. The molecule has 0 aliphatic heterocycles. The lowest BCUT2D eigenvalue weighted by molar-refractivity contribution is -0.138. The van der Waals surface area contributed by atoms with Crippen LogP contribution in [0.25, 0.3) is 0 Å². The summed E-state index contributed by atoms with van der Waals surface area (Å²) in [6.07, 6.45) is 7.51. The summed E-state index contributed by atoms with van der Waals surface area (Å²) in [4.78, 5) is 10.8. The lowest BCUT2D eigenvalue weighted by atomic mass is 10.1. The summed E-state index contributed by atoms with van der Waals surface area (Å²) in [6.45, 7) is 3.34. The molecule has 0 saturated carbocycles. The van der Waals surface area contributed by atoms with Crippen molar-refractivity contribution in [2.24, 2.45) is 0 Å². The minimum atomic E-state index is -0.209. The molecule has 0 heterocycles. The van der Waals surface area contributed by atoms with Gasteiger partial charge in [0.15, 0.2) is 0 Å². The smallest absolute Gasteiger partial charge is 0.310 e. The predicted molar refractivity (Wildman–Crippen MR) is 54.2 cm³/mol. The van der Waals surface area contributed by atoms with Gasteiger partial charge < -0.3 is 4.74 Å². The molecular formula is C11H19O3. The molecular weight excluding hydrogens is 180 g/mol. The molecule has 81 valence electrons. The minimum absolute atomic E-state index is 0.0334. The summed E-state index contributed by atoms with van der Waals surface area (Å²) in [6, 6.07) is 0. The highest BCUT2D eigenvalue weighted by molar-refractivity contribution is 5.69. The fourth-order valence-electron chi connectivity index (χ4n) is 1.23. The quantitative estimate of drug-likeness (QED) is 0.325. The van der Waals surface area contributed by atoms with E-state index in [0.29, 0.717) is 6.42 Å². The molecule has 0 unspecified atom stereocenters. The first-order valence-corrected chi connectivity index (χ1v) is 5.19. The Bertz CT molecular complexity index is 155. The Balaban J connectivity index is 3.05. The van der Waals surface area contributed by atoms with Gasteiger partial charge in [-0.2, -0.15) is 0 Å². The molecule has 0 spiro atoms. The molecule has 14 heavy (non-hydrogen) atoms. The van der Waals surface area contributed by atoms with Gasteiger partial charge in [0.05, 0.1) is 12.9 Å². The number of esters is 1. The molecule has 0 rings (SSSR count). The Morgan fingerprint density at radius 2 is 1.64 bits per heavy atom. The van der Waals surface area contributed by atoms with Gasteiger partial charge in [-0.05, 0) is 12.8 Å². The molecule has 0 atom stereocenters. The second kappa shape index (κ2) is 10.3. The van der Waals surface area contributed by atoms with Gasteiger partial charge in [-0.3, -0.25) is 4.79 Å². The first-order valence-electron chi connectivity index (χ1n) is 5.19. The average molecular weight is 199 g/mol. The highest BCUT2D eigenvalue weighted by atomic mass is 16.5. The lowest BCUT2D eigenvalue weighted by Gasteiger charge is -2.00. The molecule has 0 fully saturated rings. The summed E-state index contributed by atoms with van der Waals surface area (Å²) in [5.74, 6) is -0.209. The Morgan fingerprint density at radius 3 is 2.21 bits per heavy atom. The number of carbonyl (C=O) groups excluding carboxylic acids is 1. The van der Waals surface area contributed by atoms with Crippen molar-refractivity contribution in [1.82, 2.24) is 0 Å². The topological polar surface area (TPSA) is 46.2 Å². The molecule has 0 aliphatic rings. The van der Waals surface area contributed by atoms with E-state index in [4.69, 9.17) is 0 Å². The van der Waals surface area contributed by atoms with Crippen LogP contribution in [0.15, 0.2) is 12.8 Å². The SMILES string of the molecule is C=COC(=O)CCCCCCCC[O]. The number of carbonyl (C=O) groups is 1. The zero-order valence-electron chi connectivity index (χ0n) is 8.67. The van der Waals surface area contributed by atoms with Crippen molar-refractivity contribution in [3.05, 3.63) is 12.8 Å². The minimum Gasteiger partial charge on any atom is -0.435 e. The van der Waals surface area contributed by atoms with E-state index in [9.17, 15) is 9.90 Å². The molecule has 3 nitrogen and oxygen atoms in total. The lowest BCUT2D eigenvalue weighted by Crippen LogP contribution is -1.98. The van der Waals surface area contributed by atoms with Crippen molar-refractivity contribution < 1.29 is 14.6 Å². The summed E-state index contributed by atoms with van der Waals surface area (Å²) >= 11 is 0. The zero-order valence-corrected chi connectivity index (χ0v) is 8.67. The van der Waals surface area contributed by atoms with E-state index in [1.807, 2.05) is 0 Å². The van der Waals surface area contributed by atoms with E-state index in [-0.39, 0.29) is 12.6 Å². The Kier molecular flexibility index (Phi) is 9.64. The van der Waals surface area contributed by atoms with Crippen LogP contribution in [0.1, 0.15) is 44.9 Å². The third kappa shape index (κ3) is 9.26. The van der Waals surface area contributed by atoms with E-state index >= 15 is 0 Å². The Morgan fingerprint density at radius 1 is 1.07 bits per heavy atom. The van der Waals surface area contributed by atoms with Crippen LogP contribution >= 0.6 is 0 Å². The van der Waals surface area contributed by atoms with Crippen LogP contribution in [0, 0.1) is 0 Å². The highest BCUT2D eigenvalue weighted by Gasteiger charge is 1.99. The van der Waals surface area contributed by atoms with Crippen molar-refractivity contribution in [3.63, 3.8) is 0 Å². The molecule has 0 aromatic rings. The van der Waals surface area contributed by atoms with E-state index in [0.717, 1.165) is 44.8 Å². The van der Waals surface area contributed by atoms with Gasteiger partial charge in [-0.25, -0.2) is 5.11 Å². The summed E-state index contributed by atoms with van der Waals surface area (Å²) in [5, 5.41) is 10.1. The van der Waals surface area contributed by atoms with E-state index in [1.165, 1.54) is 0 Å². The molecule has 0 aromatic heterocycles. The maximum atomic E-state index is 10.8. The van der Waals surface area contributed by atoms with Crippen molar-refractivity contribution in [2.45, 2.75) is 44.9 Å². The molecule has 0 saturated heterocycles. The van der Waals surface area contributed by atoms with Crippen LogP contribution in [0.4, 0.5) is 0 Å². The largest absolute Gasteiger partial charge is 0.435 e. The van der Waals surface area contributed by atoms with Crippen LogP contribution in [-0.4, -0.2) is 12.6 Å². The highest BCUT2D eigenvalue weighted by Crippen LogP contribution is 2.07.